The Morgan fingerprint density at radius 1 is 1.29 bits per heavy atom. The second kappa shape index (κ2) is 10.2. The van der Waals surface area contributed by atoms with Crippen molar-refractivity contribution in [3.8, 4) is 0 Å². The van der Waals surface area contributed by atoms with Gasteiger partial charge in [-0.1, -0.05) is 44.1 Å². The Balaban J connectivity index is 3.96. The van der Waals surface area contributed by atoms with Crippen LogP contribution in [0.4, 0.5) is 0 Å². The lowest BCUT2D eigenvalue weighted by Gasteiger charge is -2.01. The maximum absolute atomic E-state index is 4.29. The van der Waals surface area contributed by atoms with Crippen LogP contribution >= 0.6 is 0 Å². The molecule has 0 aromatic rings. The van der Waals surface area contributed by atoms with Gasteiger partial charge >= 0.3 is 0 Å². The van der Waals surface area contributed by atoms with Crippen LogP contribution in [0.3, 0.4) is 0 Å². The predicted molar refractivity (Wildman–Crippen MR) is 66.1 cm³/mol. The summed E-state index contributed by atoms with van der Waals surface area (Å²) in [5.74, 6) is 0. The quantitative estimate of drug-likeness (QED) is 0.425. The van der Waals surface area contributed by atoms with Crippen LogP contribution in [0.5, 0.6) is 0 Å². The van der Waals surface area contributed by atoms with Crippen molar-refractivity contribution < 1.29 is 0 Å². The topological polar surface area (TPSA) is 12.4 Å². The largest absolute Gasteiger partial charge is 0.293 e. The maximum atomic E-state index is 4.29. The second-order valence-corrected chi connectivity index (χ2v) is 3.34. The molecular weight excluding hydrogens is 170 g/mol. The molecule has 0 N–H and O–H groups in total. The van der Waals surface area contributed by atoms with Crippen LogP contribution in [0.2, 0.25) is 0 Å². The normalized spacial score (nSPS) is 13.2. The first kappa shape index (κ1) is 13.2. The van der Waals surface area contributed by atoms with E-state index in [1.54, 1.807) is 0 Å². The van der Waals surface area contributed by atoms with Crippen LogP contribution in [0.15, 0.2) is 28.8 Å². The highest BCUT2D eigenvalue weighted by molar-refractivity contribution is 5.56. The fourth-order valence-electron chi connectivity index (χ4n) is 1.26. The molecule has 0 aromatic carbocycles. The van der Waals surface area contributed by atoms with E-state index in [4.69, 9.17) is 0 Å². The Labute approximate surface area is 88.6 Å². The number of nitrogens with zero attached hydrogens (tertiary/aromatic N) is 1. The molecule has 0 aliphatic rings. The van der Waals surface area contributed by atoms with Gasteiger partial charge in [-0.05, 0) is 32.4 Å². The third kappa shape index (κ3) is 7.78. The second-order valence-electron chi connectivity index (χ2n) is 3.34. The van der Waals surface area contributed by atoms with Gasteiger partial charge < -0.3 is 0 Å². The van der Waals surface area contributed by atoms with Gasteiger partial charge in [-0.2, -0.15) is 0 Å². The van der Waals surface area contributed by atoms with Gasteiger partial charge in [0.15, 0.2) is 0 Å². The summed E-state index contributed by atoms with van der Waals surface area (Å²) in [6.45, 7) is 7.25. The molecule has 0 saturated heterocycles. The van der Waals surface area contributed by atoms with E-state index < -0.39 is 0 Å². The number of hydrogen-bond donors (Lipinski definition) is 0. The van der Waals surface area contributed by atoms with Gasteiger partial charge in [-0.15, -0.1) is 0 Å². The van der Waals surface area contributed by atoms with Gasteiger partial charge in [0.2, 0.25) is 0 Å². The first-order chi connectivity index (χ1) is 6.85. The van der Waals surface area contributed by atoms with E-state index in [-0.39, 0.29) is 0 Å². The summed E-state index contributed by atoms with van der Waals surface area (Å²) in [7, 11) is 0. The van der Waals surface area contributed by atoms with Gasteiger partial charge in [0.05, 0.1) is 6.54 Å². The highest BCUT2D eigenvalue weighted by Crippen LogP contribution is 2.10. The molecule has 0 aliphatic carbocycles. The minimum atomic E-state index is 0.848. The Bertz CT molecular complexity index is 199. The lowest BCUT2D eigenvalue weighted by atomic mass is 10.1. The van der Waals surface area contributed by atoms with Crippen molar-refractivity contribution in [1.29, 1.82) is 0 Å². The van der Waals surface area contributed by atoms with Crippen molar-refractivity contribution >= 4 is 6.21 Å². The van der Waals surface area contributed by atoms with Gasteiger partial charge in [-0.3, -0.25) is 4.99 Å². The fourth-order valence-corrected chi connectivity index (χ4v) is 1.26. The molecule has 0 aliphatic heterocycles. The molecule has 0 spiro atoms. The van der Waals surface area contributed by atoms with E-state index in [0.717, 1.165) is 19.4 Å². The van der Waals surface area contributed by atoms with E-state index in [2.05, 4.69) is 44.0 Å². The third-order valence-electron chi connectivity index (χ3n) is 1.98. The summed E-state index contributed by atoms with van der Waals surface area (Å²) >= 11 is 0. The van der Waals surface area contributed by atoms with Crippen molar-refractivity contribution in [1.82, 2.24) is 0 Å². The molecule has 0 amide bonds. The average molecular weight is 193 g/mol. The summed E-state index contributed by atoms with van der Waals surface area (Å²) in [4.78, 5) is 4.29. The highest BCUT2D eigenvalue weighted by atomic mass is 14.7. The molecule has 0 atom stereocenters. The molecule has 0 rings (SSSR count). The number of aliphatic imine (C=N–C) groups is 1. The number of rotatable bonds is 7. The average Bonchev–Trinajstić information content (AvgIpc) is 2.20. The van der Waals surface area contributed by atoms with Crippen LogP contribution in [0, 0.1) is 0 Å². The summed E-state index contributed by atoms with van der Waals surface area (Å²) in [6.07, 6.45) is 13.1. The zero-order valence-corrected chi connectivity index (χ0v) is 9.79. The van der Waals surface area contributed by atoms with Crippen molar-refractivity contribution in [3.63, 3.8) is 0 Å². The lowest BCUT2D eigenvalue weighted by molar-refractivity contribution is 0.872. The summed E-state index contributed by atoms with van der Waals surface area (Å²) in [5, 5.41) is 0. The van der Waals surface area contributed by atoms with E-state index >= 15 is 0 Å². The van der Waals surface area contributed by atoms with E-state index in [1.807, 2.05) is 6.21 Å². The molecular formula is C13H23N. The minimum Gasteiger partial charge on any atom is -0.293 e. The molecule has 1 heteroatoms. The van der Waals surface area contributed by atoms with Crippen LogP contribution < -0.4 is 0 Å². The molecule has 0 radical (unpaired) electrons. The van der Waals surface area contributed by atoms with E-state index in [9.17, 15) is 0 Å². The number of hydrogen-bond acceptors (Lipinski definition) is 1. The van der Waals surface area contributed by atoms with Gasteiger partial charge in [-0.25, -0.2) is 0 Å². The lowest BCUT2D eigenvalue weighted by Crippen LogP contribution is -1.84. The van der Waals surface area contributed by atoms with E-state index in [0.29, 0.717) is 0 Å². The SMILES string of the molecule is C/C=C\C/C(=C\C/N=C\CC)CCC. The fraction of sp³-hybridized carbons (Fsp3) is 0.615. The molecule has 80 valence electrons. The number of allylic oxidation sites excluding steroid dienone is 3. The standard InChI is InChI=1S/C13H23N/c1-4-7-9-13(8-5-2)10-12-14-11-6-3/h4,7,10-11H,5-6,8-9,12H2,1-3H3/b7-4-,13-10-,14-11-. The smallest absolute Gasteiger partial charge is 0.0569 e. The highest BCUT2D eigenvalue weighted by Gasteiger charge is 1.91. The van der Waals surface area contributed by atoms with Gasteiger partial charge in [0.1, 0.15) is 0 Å². The van der Waals surface area contributed by atoms with Crippen molar-refractivity contribution in [2.45, 2.75) is 46.5 Å². The summed E-state index contributed by atoms with van der Waals surface area (Å²) < 4.78 is 0. The van der Waals surface area contributed by atoms with Gasteiger partial charge in [0, 0.05) is 0 Å². The molecule has 0 bridgehead atoms. The zero-order chi connectivity index (χ0) is 10.6. The van der Waals surface area contributed by atoms with Crippen LogP contribution in [0.25, 0.3) is 0 Å². The molecule has 1 nitrogen and oxygen atoms in total. The van der Waals surface area contributed by atoms with Crippen molar-refractivity contribution in [2.24, 2.45) is 4.99 Å². The zero-order valence-electron chi connectivity index (χ0n) is 9.79. The predicted octanol–water partition coefficient (Wildman–Crippen LogP) is 4.16. The van der Waals surface area contributed by atoms with Crippen LogP contribution in [-0.4, -0.2) is 12.8 Å². The van der Waals surface area contributed by atoms with Crippen molar-refractivity contribution in [3.05, 3.63) is 23.8 Å². The van der Waals surface area contributed by atoms with Crippen molar-refractivity contribution in [2.75, 3.05) is 6.54 Å². The molecule has 0 heterocycles. The van der Waals surface area contributed by atoms with E-state index in [1.165, 1.54) is 18.4 Å². The molecule has 0 unspecified atom stereocenters. The third-order valence-corrected chi connectivity index (χ3v) is 1.98. The van der Waals surface area contributed by atoms with Gasteiger partial charge in [0.25, 0.3) is 0 Å². The summed E-state index contributed by atoms with van der Waals surface area (Å²) in [6, 6.07) is 0. The van der Waals surface area contributed by atoms with Crippen LogP contribution in [0.1, 0.15) is 46.5 Å². The minimum absolute atomic E-state index is 0.848. The molecule has 14 heavy (non-hydrogen) atoms. The Hall–Kier alpha value is -0.850. The Morgan fingerprint density at radius 3 is 2.64 bits per heavy atom. The monoisotopic (exact) mass is 193 g/mol. The Morgan fingerprint density at radius 2 is 2.07 bits per heavy atom. The molecule has 0 fully saturated rings. The first-order valence-corrected chi connectivity index (χ1v) is 5.62. The molecule has 0 saturated carbocycles. The Kier molecular flexibility index (Phi) is 9.61. The first-order valence-electron chi connectivity index (χ1n) is 5.62. The maximum Gasteiger partial charge on any atom is 0.0569 e. The molecule has 0 aromatic heterocycles. The van der Waals surface area contributed by atoms with Crippen LogP contribution in [-0.2, 0) is 0 Å². The summed E-state index contributed by atoms with van der Waals surface area (Å²) in [5.41, 5.74) is 1.51.